The van der Waals surface area contributed by atoms with E-state index in [1.165, 1.54) is 18.1 Å². The van der Waals surface area contributed by atoms with Crippen LogP contribution in [0.25, 0.3) is 5.52 Å². The number of anilines is 1. The Balaban J connectivity index is 1.56. The topological polar surface area (TPSA) is 160 Å². The molecule has 3 heterocycles. The number of fused-ring (bicyclic) bond motifs is 1. The number of hydrogen-bond donors (Lipinski definition) is 3. The number of ether oxygens (including phenoxy) is 2. The van der Waals surface area contributed by atoms with Crippen molar-refractivity contribution in [3.8, 4) is 5.75 Å². The van der Waals surface area contributed by atoms with Gasteiger partial charge in [0.25, 0.3) is 0 Å². The van der Waals surface area contributed by atoms with Crippen molar-refractivity contribution in [2.24, 2.45) is 5.92 Å². The quantitative estimate of drug-likeness (QED) is 0.196. The van der Waals surface area contributed by atoms with Gasteiger partial charge in [-0.3, -0.25) is 9.32 Å². The van der Waals surface area contributed by atoms with Crippen molar-refractivity contribution in [3.05, 3.63) is 54.5 Å². The van der Waals surface area contributed by atoms with Crippen LogP contribution in [0, 0.1) is 5.92 Å². The number of nitrogens with one attached hydrogen (secondary N) is 1. The third kappa shape index (κ3) is 6.45. The van der Waals surface area contributed by atoms with Gasteiger partial charge >= 0.3 is 13.7 Å². The number of aliphatic hydroxyl groups excluding tert-OH is 1. The summed E-state index contributed by atoms with van der Waals surface area (Å²) in [5, 5.41) is 18.2. The molecular formula is C26H36N5O7PS. The van der Waals surface area contributed by atoms with Crippen LogP contribution in [0.3, 0.4) is 0 Å². The van der Waals surface area contributed by atoms with Crippen molar-refractivity contribution in [2.75, 3.05) is 31.0 Å². The SMILES string of the molecule is CCOC(=O)C(CCSC)NP(=O)(OCC1OC(C)(c2ccc3c(N)ncnn23)C(C)C1O)Oc1ccccc1. The molecule has 6 unspecified atom stereocenters. The van der Waals surface area contributed by atoms with Crippen LogP contribution in [0.5, 0.6) is 5.75 Å². The van der Waals surface area contributed by atoms with E-state index in [9.17, 15) is 14.5 Å². The molecule has 3 aromatic rings. The minimum atomic E-state index is -4.15. The number of hydrogen-bond acceptors (Lipinski definition) is 11. The normalized spacial score (nSPS) is 25.0. The number of carbonyl (C=O) groups is 1. The van der Waals surface area contributed by atoms with Crippen molar-refractivity contribution in [1.29, 1.82) is 0 Å². The van der Waals surface area contributed by atoms with Gasteiger partial charge in [0.1, 0.15) is 35.3 Å². The molecule has 1 aromatic carbocycles. The number of nitrogens with zero attached hydrogens (tertiary/aromatic N) is 3. The highest BCUT2D eigenvalue weighted by Crippen LogP contribution is 2.49. The zero-order chi connectivity index (χ0) is 28.9. The predicted octanol–water partition coefficient (Wildman–Crippen LogP) is 3.40. The van der Waals surface area contributed by atoms with Crippen molar-refractivity contribution < 1.29 is 33.0 Å². The molecule has 0 aliphatic carbocycles. The van der Waals surface area contributed by atoms with E-state index in [-0.39, 0.29) is 19.0 Å². The first-order chi connectivity index (χ1) is 19.1. The Morgan fingerprint density at radius 1 is 1.32 bits per heavy atom. The highest BCUT2D eigenvalue weighted by Gasteiger charge is 2.52. The summed E-state index contributed by atoms with van der Waals surface area (Å²) in [7, 11) is -4.15. The second-order valence-electron chi connectivity index (χ2n) is 9.62. The second kappa shape index (κ2) is 12.9. The molecule has 6 atom stereocenters. The maximum absolute atomic E-state index is 14.1. The largest absolute Gasteiger partial charge is 0.465 e. The summed E-state index contributed by atoms with van der Waals surface area (Å²) in [6.07, 6.45) is 1.76. The smallest absolute Gasteiger partial charge is 0.459 e. The van der Waals surface area contributed by atoms with Crippen LogP contribution in [0.15, 0.2) is 48.8 Å². The molecule has 218 valence electrons. The first-order valence-corrected chi connectivity index (χ1v) is 15.9. The number of rotatable bonds is 13. The average Bonchev–Trinajstić information content (AvgIpc) is 3.47. The third-order valence-electron chi connectivity index (χ3n) is 7.02. The standard InChI is InChI=1S/C26H36N5O7PS/c1-5-35-25(33)19(13-14-40-4)30-39(34,38-18-9-7-6-8-10-18)36-15-21-23(32)17(2)26(3,37-21)22-12-11-20-24(27)28-16-29-31(20)22/h6-12,16-17,19,21,23,32H,5,13-15H2,1-4H3,(H,30,34)(H2,27,28,29). The lowest BCUT2D eigenvalue weighted by atomic mass is 9.85. The zero-order valence-electron chi connectivity index (χ0n) is 22.9. The van der Waals surface area contributed by atoms with Gasteiger partial charge in [-0.15, -0.1) is 0 Å². The second-order valence-corrected chi connectivity index (χ2v) is 12.3. The number of nitrogens with two attached hydrogens (primary N) is 1. The number of carbonyl (C=O) groups excluding carboxylic acids is 1. The molecule has 14 heteroatoms. The number of aliphatic hydroxyl groups is 1. The number of aromatic nitrogens is 3. The van der Waals surface area contributed by atoms with Crippen molar-refractivity contribution in [1.82, 2.24) is 19.7 Å². The summed E-state index contributed by atoms with van der Waals surface area (Å²) in [5.74, 6) is 0.262. The van der Waals surface area contributed by atoms with E-state index < -0.39 is 43.5 Å². The summed E-state index contributed by atoms with van der Waals surface area (Å²) in [4.78, 5) is 16.7. The number of esters is 1. The molecule has 0 amide bonds. The van der Waals surface area contributed by atoms with Gasteiger partial charge in [-0.25, -0.2) is 14.1 Å². The Hall–Kier alpha value is -2.67. The summed E-state index contributed by atoms with van der Waals surface area (Å²) in [6, 6.07) is 11.2. The lowest BCUT2D eigenvalue weighted by Crippen LogP contribution is -2.39. The number of para-hydroxylation sites is 1. The van der Waals surface area contributed by atoms with E-state index in [2.05, 4.69) is 15.2 Å². The van der Waals surface area contributed by atoms with Crippen LogP contribution < -0.4 is 15.3 Å². The fraction of sp³-hybridized carbons (Fsp3) is 0.500. The molecule has 0 saturated carbocycles. The molecule has 2 aromatic heterocycles. The maximum atomic E-state index is 14.1. The molecule has 0 radical (unpaired) electrons. The highest BCUT2D eigenvalue weighted by molar-refractivity contribution is 7.98. The van der Waals surface area contributed by atoms with Crippen LogP contribution in [-0.2, 0) is 29.0 Å². The van der Waals surface area contributed by atoms with Crippen LogP contribution in [-0.4, -0.2) is 69.1 Å². The van der Waals surface area contributed by atoms with E-state index in [1.54, 1.807) is 47.8 Å². The van der Waals surface area contributed by atoms with Crippen LogP contribution in [0.1, 0.15) is 32.9 Å². The predicted molar refractivity (Wildman–Crippen MR) is 152 cm³/mol. The summed E-state index contributed by atoms with van der Waals surface area (Å²) < 4.78 is 38.9. The van der Waals surface area contributed by atoms with Gasteiger partial charge in [-0.1, -0.05) is 25.1 Å². The van der Waals surface area contributed by atoms with Crippen LogP contribution >= 0.6 is 19.5 Å². The molecule has 1 saturated heterocycles. The Bertz CT molecular complexity index is 1350. The first kappa shape index (κ1) is 30.3. The van der Waals surface area contributed by atoms with E-state index in [4.69, 9.17) is 24.3 Å². The van der Waals surface area contributed by atoms with Crippen LogP contribution in [0.2, 0.25) is 0 Å². The Labute approximate surface area is 237 Å². The molecule has 12 nitrogen and oxygen atoms in total. The Morgan fingerprint density at radius 3 is 2.77 bits per heavy atom. The van der Waals surface area contributed by atoms with E-state index in [1.807, 2.05) is 26.2 Å². The van der Waals surface area contributed by atoms with Gasteiger partial charge < -0.3 is 24.8 Å². The molecular weight excluding hydrogens is 557 g/mol. The maximum Gasteiger partial charge on any atom is 0.459 e. The monoisotopic (exact) mass is 593 g/mol. The molecule has 1 aliphatic rings. The molecule has 0 bridgehead atoms. The van der Waals surface area contributed by atoms with E-state index >= 15 is 0 Å². The van der Waals surface area contributed by atoms with Gasteiger partial charge in [0.2, 0.25) is 0 Å². The van der Waals surface area contributed by atoms with Crippen LogP contribution in [0.4, 0.5) is 5.82 Å². The number of nitrogen functional groups attached to an aromatic ring is 1. The molecule has 40 heavy (non-hydrogen) atoms. The fourth-order valence-electron chi connectivity index (χ4n) is 4.68. The summed E-state index contributed by atoms with van der Waals surface area (Å²) in [6.45, 7) is 5.29. The Kier molecular flexibility index (Phi) is 9.76. The minimum Gasteiger partial charge on any atom is -0.465 e. The molecule has 4 rings (SSSR count). The van der Waals surface area contributed by atoms with Gasteiger partial charge in [-0.05, 0) is 56.5 Å². The summed E-state index contributed by atoms with van der Waals surface area (Å²) in [5.41, 5.74) is 6.31. The van der Waals surface area contributed by atoms with E-state index in [0.29, 0.717) is 29.2 Å². The number of benzene rings is 1. The van der Waals surface area contributed by atoms with Crippen molar-refractivity contribution in [3.63, 3.8) is 0 Å². The van der Waals surface area contributed by atoms with Crippen molar-refractivity contribution in [2.45, 2.75) is 51.0 Å². The first-order valence-electron chi connectivity index (χ1n) is 13.0. The lowest BCUT2D eigenvalue weighted by Gasteiger charge is -2.29. The number of thioether (sulfide) groups is 1. The van der Waals surface area contributed by atoms with Gasteiger partial charge in [-0.2, -0.15) is 21.9 Å². The molecule has 1 aliphatic heterocycles. The minimum absolute atomic E-state index is 0.171. The lowest BCUT2D eigenvalue weighted by molar-refractivity contribution is -0.145. The average molecular weight is 594 g/mol. The molecule has 4 N–H and O–H groups in total. The zero-order valence-corrected chi connectivity index (χ0v) is 24.6. The summed E-state index contributed by atoms with van der Waals surface area (Å²) >= 11 is 1.54. The highest BCUT2D eigenvalue weighted by atomic mass is 32.2. The third-order valence-corrected chi connectivity index (χ3v) is 9.23. The van der Waals surface area contributed by atoms with E-state index in [0.717, 1.165) is 0 Å². The molecule has 0 spiro atoms. The van der Waals surface area contributed by atoms with Gasteiger partial charge in [0, 0.05) is 5.92 Å². The van der Waals surface area contributed by atoms with Crippen molar-refractivity contribution >= 4 is 36.8 Å². The Morgan fingerprint density at radius 2 is 2.08 bits per heavy atom. The molecule has 1 fully saturated rings. The van der Waals surface area contributed by atoms with Gasteiger partial charge in [0.05, 0.1) is 25.0 Å². The fourth-order valence-corrected chi connectivity index (χ4v) is 6.69. The van der Waals surface area contributed by atoms with Gasteiger partial charge in [0.15, 0.2) is 5.82 Å².